The summed E-state index contributed by atoms with van der Waals surface area (Å²) in [5.74, 6) is -0.841. The molecule has 118 valence electrons. The second-order valence-corrected chi connectivity index (χ2v) is 5.78. The molecule has 1 amide bonds. The second kappa shape index (κ2) is 6.30. The zero-order chi connectivity index (χ0) is 15.0. The van der Waals surface area contributed by atoms with Gasteiger partial charge in [-0.1, -0.05) is 26.0 Å². The fourth-order valence-corrected chi connectivity index (χ4v) is 2.62. The number of carbonyl (C=O) groups excluding carboxylic acids is 1. The molecule has 4 nitrogen and oxygen atoms in total. The van der Waals surface area contributed by atoms with E-state index in [1.165, 1.54) is 12.1 Å². The highest BCUT2D eigenvalue weighted by Gasteiger charge is 2.62. The van der Waals surface area contributed by atoms with E-state index in [1.807, 2.05) is 20.8 Å². The fraction of sp³-hybridized carbons (Fsp3) is 0.533. The first kappa shape index (κ1) is 17.9. The van der Waals surface area contributed by atoms with Gasteiger partial charge in [-0.15, -0.1) is 12.4 Å². The Morgan fingerprint density at radius 2 is 2.10 bits per heavy atom. The minimum Gasteiger partial charge on any atom is -0.378 e. The van der Waals surface area contributed by atoms with E-state index >= 15 is 0 Å². The van der Waals surface area contributed by atoms with Crippen LogP contribution in [0, 0.1) is 11.2 Å². The van der Waals surface area contributed by atoms with Crippen LogP contribution in [0.25, 0.3) is 0 Å². The molecular weight excluding hydrogens is 295 g/mol. The van der Waals surface area contributed by atoms with Crippen molar-refractivity contribution in [3.8, 4) is 0 Å². The van der Waals surface area contributed by atoms with Gasteiger partial charge >= 0.3 is 0 Å². The summed E-state index contributed by atoms with van der Waals surface area (Å²) in [7, 11) is 0. The molecule has 1 fully saturated rings. The summed E-state index contributed by atoms with van der Waals surface area (Å²) >= 11 is 0. The molecule has 6 heteroatoms. The Hall–Kier alpha value is -1.17. The van der Waals surface area contributed by atoms with E-state index in [0.29, 0.717) is 13.0 Å². The highest BCUT2D eigenvalue weighted by molar-refractivity contribution is 5.99. The van der Waals surface area contributed by atoms with Gasteiger partial charge in [-0.05, 0) is 19.1 Å². The molecule has 1 aromatic carbocycles. The number of benzene rings is 1. The van der Waals surface area contributed by atoms with Crippen molar-refractivity contribution in [3.05, 3.63) is 30.1 Å². The van der Waals surface area contributed by atoms with Crippen LogP contribution in [0.15, 0.2) is 24.3 Å². The minimum atomic E-state index is -1.05. The topological polar surface area (TPSA) is 64.3 Å². The largest absolute Gasteiger partial charge is 0.378 e. The number of carbonyl (C=O) groups is 1. The molecule has 0 saturated heterocycles. The van der Waals surface area contributed by atoms with Gasteiger partial charge in [0, 0.05) is 18.4 Å². The summed E-state index contributed by atoms with van der Waals surface area (Å²) in [6.07, 6.45) is 0.387. The number of hydrogen-bond acceptors (Lipinski definition) is 3. The Kier molecular flexibility index (Phi) is 5.36. The number of halogens is 2. The first-order chi connectivity index (χ1) is 9.33. The predicted octanol–water partition coefficient (Wildman–Crippen LogP) is 2.72. The molecule has 3 N–H and O–H groups in total. The quantitative estimate of drug-likeness (QED) is 0.897. The van der Waals surface area contributed by atoms with Crippen LogP contribution in [0.2, 0.25) is 0 Å². The minimum absolute atomic E-state index is 0. The molecule has 0 aliphatic heterocycles. The molecule has 1 aromatic rings. The second-order valence-electron chi connectivity index (χ2n) is 5.78. The van der Waals surface area contributed by atoms with Crippen LogP contribution in [0.4, 0.5) is 10.1 Å². The number of nitrogens with two attached hydrogens (primary N) is 1. The zero-order valence-electron chi connectivity index (χ0n) is 12.5. The average Bonchev–Trinajstić information content (AvgIpc) is 2.40. The van der Waals surface area contributed by atoms with Crippen molar-refractivity contribution >= 4 is 24.0 Å². The van der Waals surface area contributed by atoms with E-state index in [1.54, 1.807) is 12.1 Å². The van der Waals surface area contributed by atoms with Gasteiger partial charge in [-0.25, -0.2) is 4.39 Å². The third kappa shape index (κ3) is 2.91. The van der Waals surface area contributed by atoms with Crippen molar-refractivity contribution in [2.75, 3.05) is 11.9 Å². The number of nitrogens with one attached hydrogen (secondary N) is 1. The Labute approximate surface area is 130 Å². The van der Waals surface area contributed by atoms with Gasteiger partial charge < -0.3 is 15.8 Å². The Morgan fingerprint density at radius 1 is 1.48 bits per heavy atom. The number of amides is 1. The lowest BCUT2D eigenvalue weighted by Crippen LogP contribution is -2.74. The number of hydrogen-bond donors (Lipinski definition) is 2. The van der Waals surface area contributed by atoms with Crippen LogP contribution in [0.5, 0.6) is 0 Å². The van der Waals surface area contributed by atoms with E-state index in [2.05, 4.69) is 5.32 Å². The third-order valence-corrected chi connectivity index (χ3v) is 4.36. The molecule has 0 spiro atoms. The first-order valence-corrected chi connectivity index (χ1v) is 6.79. The van der Waals surface area contributed by atoms with Gasteiger partial charge in [-0.3, -0.25) is 4.79 Å². The van der Waals surface area contributed by atoms with Crippen LogP contribution in [-0.4, -0.2) is 24.2 Å². The maximum absolute atomic E-state index is 13.6. The summed E-state index contributed by atoms with van der Waals surface area (Å²) in [5, 5.41) is 2.58. The average molecular weight is 317 g/mol. The van der Waals surface area contributed by atoms with Crippen molar-refractivity contribution in [1.29, 1.82) is 0 Å². The number of ether oxygens (including phenoxy) is 1. The standard InChI is InChI=1S/C15H21FN2O2.ClH/c1-4-20-12-9-15(17,14(12,2)3)13(19)18-11-8-6-5-7-10(11)16;/h5-8,12H,4,9,17H2,1-3H3,(H,18,19);1H. The maximum Gasteiger partial charge on any atom is 0.245 e. The summed E-state index contributed by atoms with van der Waals surface area (Å²) < 4.78 is 19.1. The lowest BCUT2D eigenvalue weighted by Gasteiger charge is -2.57. The maximum atomic E-state index is 13.6. The van der Waals surface area contributed by atoms with Crippen LogP contribution in [0.3, 0.4) is 0 Å². The highest BCUT2D eigenvalue weighted by atomic mass is 35.5. The molecule has 1 aliphatic rings. The van der Waals surface area contributed by atoms with E-state index in [4.69, 9.17) is 10.5 Å². The highest BCUT2D eigenvalue weighted by Crippen LogP contribution is 2.50. The van der Waals surface area contributed by atoms with Crippen molar-refractivity contribution in [2.45, 2.75) is 38.8 Å². The monoisotopic (exact) mass is 316 g/mol. The Bertz CT molecular complexity index is 524. The van der Waals surface area contributed by atoms with E-state index in [0.717, 1.165) is 0 Å². The number of anilines is 1. The Morgan fingerprint density at radius 3 is 2.62 bits per heavy atom. The van der Waals surface area contributed by atoms with Crippen molar-refractivity contribution in [2.24, 2.45) is 11.1 Å². The van der Waals surface area contributed by atoms with Gasteiger partial charge in [0.15, 0.2) is 0 Å². The molecule has 2 unspecified atom stereocenters. The van der Waals surface area contributed by atoms with E-state index < -0.39 is 16.8 Å². The smallest absolute Gasteiger partial charge is 0.245 e. The van der Waals surface area contributed by atoms with Gasteiger partial charge in [-0.2, -0.15) is 0 Å². The predicted molar refractivity (Wildman–Crippen MR) is 83.0 cm³/mol. The van der Waals surface area contributed by atoms with Gasteiger partial charge in [0.25, 0.3) is 0 Å². The van der Waals surface area contributed by atoms with Crippen LogP contribution in [-0.2, 0) is 9.53 Å². The SMILES string of the molecule is CCOC1CC(N)(C(=O)Nc2ccccc2F)C1(C)C.Cl. The van der Waals surface area contributed by atoms with E-state index in [9.17, 15) is 9.18 Å². The summed E-state index contributed by atoms with van der Waals surface area (Å²) in [6, 6.07) is 6.05. The third-order valence-electron chi connectivity index (χ3n) is 4.36. The van der Waals surface area contributed by atoms with Crippen molar-refractivity contribution < 1.29 is 13.9 Å². The van der Waals surface area contributed by atoms with Gasteiger partial charge in [0.05, 0.1) is 11.8 Å². The zero-order valence-corrected chi connectivity index (χ0v) is 13.3. The van der Waals surface area contributed by atoms with Gasteiger partial charge in [0.1, 0.15) is 11.4 Å². The molecule has 0 heterocycles. The molecule has 0 radical (unpaired) electrons. The molecule has 1 aliphatic carbocycles. The molecule has 21 heavy (non-hydrogen) atoms. The van der Waals surface area contributed by atoms with Crippen LogP contribution >= 0.6 is 12.4 Å². The fourth-order valence-electron chi connectivity index (χ4n) is 2.62. The molecule has 0 aromatic heterocycles. The molecule has 2 atom stereocenters. The lowest BCUT2D eigenvalue weighted by atomic mass is 9.54. The summed E-state index contributed by atoms with van der Waals surface area (Å²) in [4.78, 5) is 12.4. The van der Waals surface area contributed by atoms with Crippen LogP contribution in [0.1, 0.15) is 27.2 Å². The summed E-state index contributed by atoms with van der Waals surface area (Å²) in [6.45, 7) is 6.29. The molecule has 1 saturated carbocycles. The molecule has 0 bridgehead atoms. The number of rotatable bonds is 4. The number of para-hydroxylation sites is 1. The van der Waals surface area contributed by atoms with E-state index in [-0.39, 0.29) is 30.1 Å². The molecular formula is C15H22ClFN2O2. The lowest BCUT2D eigenvalue weighted by molar-refractivity contribution is -0.166. The summed E-state index contributed by atoms with van der Waals surface area (Å²) in [5.41, 5.74) is 4.84. The Balaban J connectivity index is 0.00000220. The van der Waals surface area contributed by atoms with Crippen molar-refractivity contribution in [1.82, 2.24) is 0 Å². The normalized spacial score (nSPS) is 26.4. The van der Waals surface area contributed by atoms with Crippen molar-refractivity contribution in [3.63, 3.8) is 0 Å². The van der Waals surface area contributed by atoms with Crippen LogP contribution < -0.4 is 11.1 Å². The molecule has 2 rings (SSSR count). The first-order valence-electron chi connectivity index (χ1n) is 6.79. The van der Waals surface area contributed by atoms with Gasteiger partial charge in [0.2, 0.25) is 5.91 Å².